The fourth-order valence-electron chi connectivity index (χ4n) is 3.27. The Morgan fingerprint density at radius 3 is 1.93 bits per heavy atom. The van der Waals surface area contributed by atoms with Gasteiger partial charge in [0.05, 0.1) is 5.92 Å². The van der Waals surface area contributed by atoms with Crippen LogP contribution in [0, 0.1) is 18.3 Å². The fourth-order valence-corrected chi connectivity index (χ4v) is 3.27. The average molecular weight is 595 g/mol. The second kappa shape index (κ2) is 19.9. The van der Waals surface area contributed by atoms with E-state index in [-0.39, 0.29) is 35.0 Å². The summed E-state index contributed by atoms with van der Waals surface area (Å²) in [5.41, 5.74) is 1.05. The number of aromatic nitrogens is 2. The highest BCUT2D eigenvalue weighted by Gasteiger charge is 2.27. The van der Waals surface area contributed by atoms with Crippen molar-refractivity contribution in [3.05, 3.63) is 28.9 Å². The largest absolute Gasteiger partial charge is 0.460 e. The van der Waals surface area contributed by atoms with E-state index in [9.17, 15) is 14.0 Å². The Labute approximate surface area is 257 Å². The van der Waals surface area contributed by atoms with Crippen molar-refractivity contribution in [1.82, 2.24) is 9.97 Å². The molecule has 0 aliphatic heterocycles. The molecule has 1 rings (SSSR count). The Kier molecular flexibility index (Phi) is 19.9. The van der Waals surface area contributed by atoms with E-state index >= 15 is 0 Å². The standard InChI is InChI=1S/C28H45FN2O3.C4H10.C3H8O/c1-19(26(3,4)5)17-22-18-30-24(31-20(22)2)23(32)14-12-11-13-21(15-16-28(9,10)29)25(33)34-27(6,7)8;1-3-4-2;1-3(2)4/h17-18,21H,11-16H2,1-10H3;3-4H2,1-2H3;3-4H,1-2H3/b19-17+;;. The molecular weight excluding hydrogens is 531 g/mol. The molecule has 42 heavy (non-hydrogen) atoms. The van der Waals surface area contributed by atoms with Crippen LogP contribution < -0.4 is 0 Å². The fraction of sp³-hybridized carbons (Fsp3) is 0.771. The minimum absolute atomic E-state index is 0.0536. The average Bonchev–Trinajstić information content (AvgIpc) is 2.81. The summed E-state index contributed by atoms with van der Waals surface area (Å²) in [6.45, 7) is 26.7. The second-order valence-corrected chi connectivity index (χ2v) is 14.1. The summed E-state index contributed by atoms with van der Waals surface area (Å²) in [5.74, 6) is -0.549. The normalized spacial score (nSPS) is 13.0. The number of carbonyl (C=O) groups excluding carboxylic acids is 2. The Morgan fingerprint density at radius 1 is 1.00 bits per heavy atom. The van der Waals surface area contributed by atoms with Gasteiger partial charge in [-0.25, -0.2) is 14.4 Å². The number of rotatable bonds is 12. The van der Waals surface area contributed by atoms with Crippen molar-refractivity contribution in [3.8, 4) is 0 Å². The molecule has 0 bridgehead atoms. The highest BCUT2D eigenvalue weighted by molar-refractivity contribution is 5.92. The molecule has 0 spiro atoms. The first kappa shape index (κ1) is 42.0. The lowest BCUT2D eigenvalue weighted by Gasteiger charge is -2.25. The van der Waals surface area contributed by atoms with Gasteiger partial charge in [-0.15, -0.1) is 0 Å². The van der Waals surface area contributed by atoms with Crippen LogP contribution in [0.4, 0.5) is 4.39 Å². The summed E-state index contributed by atoms with van der Waals surface area (Å²) in [7, 11) is 0. The Morgan fingerprint density at radius 2 is 1.52 bits per heavy atom. The first-order valence-electron chi connectivity index (χ1n) is 15.7. The van der Waals surface area contributed by atoms with Gasteiger partial charge in [-0.05, 0) is 93.4 Å². The maximum Gasteiger partial charge on any atom is 0.309 e. The van der Waals surface area contributed by atoms with Crippen LogP contribution in [0.2, 0.25) is 0 Å². The van der Waals surface area contributed by atoms with Crippen molar-refractivity contribution in [1.29, 1.82) is 0 Å². The predicted octanol–water partition coefficient (Wildman–Crippen LogP) is 9.66. The molecular formula is C35H63FN2O4. The Balaban J connectivity index is 0. The van der Waals surface area contributed by atoms with Crippen LogP contribution in [0.5, 0.6) is 0 Å². The number of Topliss-reactive ketones (excluding diaryl/α,β-unsaturated/α-hetero) is 1. The summed E-state index contributed by atoms with van der Waals surface area (Å²) in [6.07, 6.45) is 9.13. The zero-order valence-corrected chi connectivity index (χ0v) is 29.4. The molecule has 1 N–H and O–H groups in total. The number of nitrogens with zero attached hydrogens (tertiary/aromatic N) is 2. The van der Waals surface area contributed by atoms with E-state index in [0.29, 0.717) is 38.5 Å². The molecule has 1 heterocycles. The van der Waals surface area contributed by atoms with Crippen LogP contribution >= 0.6 is 0 Å². The van der Waals surface area contributed by atoms with Crippen molar-refractivity contribution in [3.63, 3.8) is 0 Å². The lowest BCUT2D eigenvalue weighted by molar-refractivity contribution is -0.160. The van der Waals surface area contributed by atoms with Gasteiger partial charge in [0, 0.05) is 30.0 Å². The van der Waals surface area contributed by atoms with Crippen molar-refractivity contribution in [2.24, 2.45) is 11.3 Å². The minimum Gasteiger partial charge on any atom is -0.460 e. The van der Waals surface area contributed by atoms with Gasteiger partial charge >= 0.3 is 5.97 Å². The van der Waals surface area contributed by atoms with Gasteiger partial charge < -0.3 is 9.84 Å². The number of ketones is 1. The minimum atomic E-state index is -1.34. The van der Waals surface area contributed by atoms with E-state index in [1.54, 1.807) is 20.0 Å². The van der Waals surface area contributed by atoms with Gasteiger partial charge in [0.2, 0.25) is 0 Å². The summed E-state index contributed by atoms with van der Waals surface area (Å²) in [6, 6.07) is 0. The molecule has 0 aliphatic carbocycles. The smallest absolute Gasteiger partial charge is 0.309 e. The number of alkyl halides is 1. The highest BCUT2D eigenvalue weighted by Crippen LogP contribution is 2.28. The van der Waals surface area contributed by atoms with E-state index < -0.39 is 11.3 Å². The SMILES string of the molecule is C/C(=C\c1cnc(C(=O)CCCCC(CCC(C)(C)F)C(=O)OC(C)(C)C)nc1C)C(C)(C)C.CC(C)O.CCCC. The van der Waals surface area contributed by atoms with Gasteiger partial charge in [0.1, 0.15) is 11.3 Å². The van der Waals surface area contributed by atoms with Crippen LogP contribution in [0.3, 0.4) is 0 Å². The lowest BCUT2D eigenvalue weighted by Crippen LogP contribution is -2.29. The van der Waals surface area contributed by atoms with Crippen LogP contribution in [0.1, 0.15) is 163 Å². The van der Waals surface area contributed by atoms with Crippen molar-refractivity contribution in [2.75, 3.05) is 0 Å². The van der Waals surface area contributed by atoms with Gasteiger partial charge in [-0.2, -0.15) is 0 Å². The van der Waals surface area contributed by atoms with Crippen LogP contribution in [-0.4, -0.2) is 44.2 Å². The molecule has 1 atom stereocenters. The molecule has 6 nitrogen and oxygen atoms in total. The van der Waals surface area contributed by atoms with E-state index in [0.717, 1.165) is 11.3 Å². The molecule has 0 aromatic carbocycles. The maximum absolute atomic E-state index is 14.0. The number of unbranched alkanes of at least 4 members (excludes halogenated alkanes) is 2. The maximum atomic E-state index is 14.0. The third-order valence-corrected chi connectivity index (χ3v) is 6.36. The van der Waals surface area contributed by atoms with Gasteiger partial charge in [0.15, 0.2) is 11.6 Å². The summed E-state index contributed by atoms with van der Waals surface area (Å²) in [4.78, 5) is 33.9. The number of aryl methyl sites for hydroxylation is 1. The molecule has 0 aliphatic rings. The van der Waals surface area contributed by atoms with E-state index in [1.165, 1.54) is 32.3 Å². The molecule has 0 radical (unpaired) electrons. The third kappa shape index (κ3) is 22.4. The summed E-state index contributed by atoms with van der Waals surface area (Å²) in [5, 5.41) is 8.06. The van der Waals surface area contributed by atoms with Crippen LogP contribution in [0.25, 0.3) is 6.08 Å². The molecule has 7 heteroatoms. The summed E-state index contributed by atoms with van der Waals surface area (Å²) < 4.78 is 19.5. The van der Waals surface area contributed by atoms with Crippen molar-refractivity contribution < 1.29 is 23.8 Å². The Hall–Kier alpha value is -2.15. The van der Waals surface area contributed by atoms with E-state index in [2.05, 4.69) is 57.6 Å². The van der Waals surface area contributed by atoms with Gasteiger partial charge in [-0.3, -0.25) is 9.59 Å². The molecule has 1 aromatic rings. The molecule has 0 fully saturated rings. The molecule has 0 amide bonds. The van der Waals surface area contributed by atoms with E-state index in [4.69, 9.17) is 9.84 Å². The lowest BCUT2D eigenvalue weighted by atomic mass is 9.86. The number of halogens is 1. The number of hydrogen-bond donors (Lipinski definition) is 1. The monoisotopic (exact) mass is 594 g/mol. The van der Waals surface area contributed by atoms with Crippen molar-refractivity contribution >= 4 is 17.8 Å². The zero-order valence-electron chi connectivity index (χ0n) is 29.4. The quantitative estimate of drug-likeness (QED) is 0.147. The molecule has 0 saturated carbocycles. The van der Waals surface area contributed by atoms with Crippen LogP contribution in [0.15, 0.2) is 11.8 Å². The molecule has 1 aromatic heterocycles. The number of aliphatic hydroxyl groups excluding tert-OH is 1. The topological polar surface area (TPSA) is 89.4 Å². The van der Waals surface area contributed by atoms with Crippen LogP contribution in [-0.2, 0) is 9.53 Å². The Bertz CT molecular complexity index is 946. The molecule has 0 saturated heterocycles. The number of esters is 1. The van der Waals surface area contributed by atoms with E-state index in [1.807, 2.05) is 27.7 Å². The number of hydrogen-bond acceptors (Lipinski definition) is 6. The third-order valence-electron chi connectivity index (χ3n) is 6.36. The number of aliphatic hydroxyl groups is 1. The second-order valence-electron chi connectivity index (χ2n) is 14.1. The first-order valence-corrected chi connectivity index (χ1v) is 15.7. The number of allylic oxidation sites excluding steroid dienone is 1. The van der Waals surface area contributed by atoms with Crippen molar-refractivity contribution in [2.45, 2.75) is 166 Å². The van der Waals surface area contributed by atoms with Gasteiger partial charge in [-0.1, -0.05) is 65.5 Å². The zero-order chi connectivity index (χ0) is 33.3. The number of ether oxygens (including phenoxy) is 1. The predicted molar refractivity (Wildman–Crippen MR) is 174 cm³/mol. The highest BCUT2D eigenvalue weighted by atomic mass is 19.1. The summed E-state index contributed by atoms with van der Waals surface area (Å²) >= 11 is 0. The molecule has 244 valence electrons. The first-order chi connectivity index (χ1) is 19.0. The van der Waals surface area contributed by atoms with Gasteiger partial charge in [0.25, 0.3) is 0 Å². The molecule has 1 unspecified atom stereocenters. The number of carbonyl (C=O) groups is 2.